The van der Waals surface area contributed by atoms with E-state index in [4.69, 9.17) is 20.4 Å². The van der Waals surface area contributed by atoms with E-state index in [-0.39, 0.29) is 11.4 Å². The van der Waals surface area contributed by atoms with E-state index in [1.54, 1.807) is 49.4 Å². The first kappa shape index (κ1) is 19.4. The number of hydrogen-bond acceptors (Lipinski definition) is 6. The number of halogens is 1. The van der Waals surface area contributed by atoms with Gasteiger partial charge < -0.3 is 8.83 Å². The zero-order chi connectivity index (χ0) is 21.3. The second-order valence-electron chi connectivity index (χ2n) is 6.45. The maximum atomic E-state index is 12.2. The molecule has 2 aromatic heterocycles. The summed E-state index contributed by atoms with van der Waals surface area (Å²) in [4.78, 5) is 22.6. The van der Waals surface area contributed by atoms with Gasteiger partial charge in [0.25, 0.3) is 5.69 Å². The predicted octanol–water partition coefficient (Wildman–Crippen LogP) is 5.33. The fourth-order valence-electron chi connectivity index (χ4n) is 2.94. The largest absolute Gasteiger partial charge is 0.455 e. The average Bonchev–Trinajstić information content (AvgIpc) is 3.34. The number of nitrogens with zero attached hydrogens (tertiary/aromatic N) is 2. The van der Waals surface area contributed by atoms with Crippen LogP contribution < -0.4 is 5.43 Å². The summed E-state index contributed by atoms with van der Waals surface area (Å²) in [6.07, 6.45) is 1.35. The van der Waals surface area contributed by atoms with Gasteiger partial charge in [-0.15, -0.1) is 0 Å². The van der Waals surface area contributed by atoms with Crippen LogP contribution in [0.15, 0.2) is 68.5 Å². The van der Waals surface area contributed by atoms with Crippen molar-refractivity contribution in [2.24, 2.45) is 5.10 Å². The number of hydrogen-bond donors (Lipinski definition) is 1. The third kappa shape index (κ3) is 3.94. The minimum Gasteiger partial charge on any atom is -0.455 e. The molecule has 0 radical (unpaired) electrons. The molecule has 0 spiro atoms. The van der Waals surface area contributed by atoms with Gasteiger partial charge in [-0.25, -0.2) is 5.43 Å². The molecule has 0 saturated carbocycles. The molecule has 0 unspecified atom stereocenters. The molecule has 0 aliphatic carbocycles. The van der Waals surface area contributed by atoms with Crippen LogP contribution in [0.25, 0.3) is 22.3 Å². The van der Waals surface area contributed by atoms with Crippen LogP contribution in [0.4, 0.5) is 5.69 Å². The molecule has 8 nitrogen and oxygen atoms in total. The predicted molar refractivity (Wildman–Crippen MR) is 112 cm³/mol. The van der Waals surface area contributed by atoms with Crippen molar-refractivity contribution in [3.8, 4) is 11.3 Å². The Hall–Kier alpha value is -3.91. The van der Waals surface area contributed by atoms with E-state index in [9.17, 15) is 14.9 Å². The Bertz CT molecular complexity index is 1310. The van der Waals surface area contributed by atoms with Gasteiger partial charge in [-0.3, -0.25) is 14.9 Å². The number of carbonyl (C=O) groups is 1. The normalized spacial score (nSPS) is 11.3. The van der Waals surface area contributed by atoms with E-state index in [0.29, 0.717) is 33.1 Å². The second kappa shape index (κ2) is 7.84. The first-order chi connectivity index (χ1) is 14.4. The highest BCUT2D eigenvalue weighted by atomic mass is 35.5. The van der Waals surface area contributed by atoms with Gasteiger partial charge in [-0.05, 0) is 55.0 Å². The SMILES string of the molecule is Cc1cc([N+](=O)[O-])ccc1-c1ccc(/C=N\NC(=O)c2cc3cc(Cl)ccc3o2)o1. The van der Waals surface area contributed by atoms with E-state index < -0.39 is 10.8 Å². The summed E-state index contributed by atoms with van der Waals surface area (Å²) < 4.78 is 11.2. The number of non-ortho nitro benzene ring substituents is 1. The molecular weight excluding hydrogens is 410 g/mol. The van der Waals surface area contributed by atoms with Gasteiger partial charge in [-0.2, -0.15) is 5.10 Å². The average molecular weight is 424 g/mol. The standard InChI is InChI=1S/C21H14ClN3O5/c1-12-8-15(25(27)28)3-5-17(12)19-7-4-16(29-19)11-23-24-21(26)20-10-13-9-14(22)2-6-18(13)30-20/h2-11H,1H3,(H,24,26)/b23-11-. The Kier molecular flexibility index (Phi) is 5.07. The minimum absolute atomic E-state index is 0.0140. The number of hydrazone groups is 1. The molecule has 2 heterocycles. The summed E-state index contributed by atoms with van der Waals surface area (Å²) in [5.74, 6) is 0.520. The Morgan fingerprint density at radius 3 is 2.73 bits per heavy atom. The summed E-state index contributed by atoms with van der Waals surface area (Å²) in [6, 6.07) is 14.6. The van der Waals surface area contributed by atoms with Gasteiger partial charge in [0.2, 0.25) is 0 Å². The molecule has 1 N–H and O–H groups in total. The number of benzene rings is 2. The van der Waals surface area contributed by atoms with Gasteiger partial charge in [-0.1, -0.05) is 11.6 Å². The van der Waals surface area contributed by atoms with Crippen LogP contribution in [-0.2, 0) is 0 Å². The molecule has 4 rings (SSSR count). The van der Waals surface area contributed by atoms with Crippen LogP contribution in [0.2, 0.25) is 5.02 Å². The summed E-state index contributed by atoms with van der Waals surface area (Å²) in [5.41, 5.74) is 4.37. The summed E-state index contributed by atoms with van der Waals surface area (Å²) in [6.45, 7) is 1.76. The maximum absolute atomic E-state index is 12.2. The third-order valence-electron chi connectivity index (χ3n) is 4.37. The number of fused-ring (bicyclic) bond motifs is 1. The van der Waals surface area contributed by atoms with Gasteiger partial charge in [0.15, 0.2) is 5.76 Å². The highest BCUT2D eigenvalue weighted by molar-refractivity contribution is 6.31. The first-order valence-corrected chi connectivity index (χ1v) is 9.16. The molecule has 9 heteroatoms. The Morgan fingerprint density at radius 2 is 1.97 bits per heavy atom. The topological polar surface area (TPSA) is 111 Å². The van der Waals surface area contributed by atoms with Crippen molar-refractivity contribution in [3.05, 3.63) is 86.8 Å². The second-order valence-corrected chi connectivity index (χ2v) is 6.89. The Balaban J connectivity index is 1.45. The molecular formula is C21H14ClN3O5. The summed E-state index contributed by atoms with van der Waals surface area (Å²) >= 11 is 5.93. The van der Waals surface area contributed by atoms with Gasteiger partial charge in [0, 0.05) is 28.1 Å². The molecule has 30 heavy (non-hydrogen) atoms. The smallest absolute Gasteiger partial charge is 0.307 e. The molecule has 2 aromatic carbocycles. The monoisotopic (exact) mass is 423 g/mol. The molecule has 0 atom stereocenters. The van der Waals surface area contributed by atoms with Crippen molar-refractivity contribution < 1.29 is 18.6 Å². The molecule has 0 bridgehead atoms. The van der Waals surface area contributed by atoms with Crippen LogP contribution in [-0.4, -0.2) is 17.0 Å². The van der Waals surface area contributed by atoms with Crippen LogP contribution in [0.1, 0.15) is 21.9 Å². The number of nitrogens with one attached hydrogen (secondary N) is 1. The van der Waals surface area contributed by atoms with Crippen molar-refractivity contribution in [1.82, 2.24) is 5.43 Å². The molecule has 0 aliphatic rings. The lowest BCUT2D eigenvalue weighted by Gasteiger charge is -2.02. The van der Waals surface area contributed by atoms with Crippen molar-refractivity contribution in [2.45, 2.75) is 6.92 Å². The lowest BCUT2D eigenvalue weighted by molar-refractivity contribution is -0.384. The Morgan fingerprint density at radius 1 is 1.13 bits per heavy atom. The molecule has 1 amide bonds. The van der Waals surface area contributed by atoms with E-state index in [1.807, 2.05) is 0 Å². The fraction of sp³-hybridized carbons (Fsp3) is 0.0476. The lowest BCUT2D eigenvalue weighted by Crippen LogP contribution is -2.16. The van der Waals surface area contributed by atoms with Crippen molar-refractivity contribution in [2.75, 3.05) is 0 Å². The van der Waals surface area contributed by atoms with Gasteiger partial charge in [0.1, 0.15) is 17.1 Å². The zero-order valence-corrected chi connectivity index (χ0v) is 16.3. The quantitative estimate of drug-likeness (QED) is 0.265. The zero-order valence-electron chi connectivity index (χ0n) is 15.6. The molecule has 0 fully saturated rings. The third-order valence-corrected chi connectivity index (χ3v) is 4.61. The number of nitro groups is 1. The minimum atomic E-state index is -0.517. The molecule has 150 valence electrons. The van der Waals surface area contributed by atoms with E-state index in [0.717, 1.165) is 5.56 Å². The van der Waals surface area contributed by atoms with Crippen LogP contribution in [0, 0.1) is 17.0 Å². The van der Waals surface area contributed by atoms with Crippen LogP contribution >= 0.6 is 11.6 Å². The van der Waals surface area contributed by atoms with Crippen LogP contribution in [0.5, 0.6) is 0 Å². The van der Waals surface area contributed by atoms with E-state index in [2.05, 4.69) is 10.5 Å². The van der Waals surface area contributed by atoms with Crippen LogP contribution in [0.3, 0.4) is 0 Å². The lowest BCUT2D eigenvalue weighted by atomic mass is 10.1. The molecule has 0 aliphatic heterocycles. The number of carbonyl (C=O) groups excluding carboxylic acids is 1. The Labute approximate surface area is 174 Å². The number of nitro benzene ring substituents is 1. The highest BCUT2D eigenvalue weighted by Gasteiger charge is 2.13. The van der Waals surface area contributed by atoms with Gasteiger partial charge in [0.05, 0.1) is 11.1 Å². The van der Waals surface area contributed by atoms with Crippen molar-refractivity contribution in [1.29, 1.82) is 0 Å². The van der Waals surface area contributed by atoms with Crippen molar-refractivity contribution >= 4 is 40.4 Å². The summed E-state index contributed by atoms with van der Waals surface area (Å²) in [7, 11) is 0. The van der Waals surface area contributed by atoms with E-state index in [1.165, 1.54) is 18.3 Å². The van der Waals surface area contributed by atoms with Crippen molar-refractivity contribution in [3.63, 3.8) is 0 Å². The number of amides is 1. The van der Waals surface area contributed by atoms with Gasteiger partial charge >= 0.3 is 5.91 Å². The molecule has 4 aromatic rings. The highest BCUT2D eigenvalue weighted by Crippen LogP contribution is 2.28. The summed E-state index contributed by atoms with van der Waals surface area (Å²) in [5, 5.41) is 16.0. The number of aryl methyl sites for hydroxylation is 1. The number of rotatable bonds is 5. The number of furan rings is 2. The molecule has 0 saturated heterocycles. The first-order valence-electron chi connectivity index (χ1n) is 8.78. The van der Waals surface area contributed by atoms with E-state index >= 15 is 0 Å². The maximum Gasteiger partial charge on any atom is 0.307 e. The fourth-order valence-corrected chi connectivity index (χ4v) is 3.12.